The Balaban J connectivity index is 2.16. The summed E-state index contributed by atoms with van der Waals surface area (Å²) in [6, 6.07) is 5.32. The van der Waals surface area contributed by atoms with Crippen molar-refractivity contribution in [2.24, 2.45) is 5.73 Å². The van der Waals surface area contributed by atoms with Gasteiger partial charge >= 0.3 is 0 Å². The minimum Gasteiger partial charge on any atom is -0.330 e. The number of rotatable bonds is 4. The minimum absolute atomic E-state index is 0.0807. The lowest BCUT2D eigenvalue weighted by Gasteiger charge is -2.13. The van der Waals surface area contributed by atoms with E-state index in [9.17, 15) is 4.39 Å². The van der Waals surface area contributed by atoms with Gasteiger partial charge in [-0.05, 0) is 37.4 Å². The average molecular weight is 239 g/mol. The number of hydrogen-bond acceptors (Lipinski definition) is 2. The number of halogens is 1. The molecule has 1 fully saturated rings. The molecular weight excluding hydrogens is 221 g/mol. The summed E-state index contributed by atoms with van der Waals surface area (Å²) in [6.45, 7) is 0.585. The van der Waals surface area contributed by atoms with E-state index in [-0.39, 0.29) is 5.82 Å². The zero-order valence-electron chi connectivity index (χ0n) is 9.42. The van der Waals surface area contributed by atoms with Crippen molar-refractivity contribution in [2.45, 2.75) is 42.2 Å². The molecule has 1 aliphatic rings. The first-order valence-corrected chi connectivity index (χ1v) is 6.83. The average Bonchev–Trinajstić information content (AvgIpc) is 2.76. The Bertz CT molecular complexity index is 348. The van der Waals surface area contributed by atoms with Crippen molar-refractivity contribution in [3.05, 3.63) is 29.6 Å². The van der Waals surface area contributed by atoms with Gasteiger partial charge in [0, 0.05) is 10.1 Å². The number of nitrogens with two attached hydrogens (primary N) is 1. The van der Waals surface area contributed by atoms with E-state index in [2.05, 4.69) is 0 Å². The molecule has 3 heteroatoms. The molecule has 88 valence electrons. The Labute approximate surface area is 101 Å². The Morgan fingerprint density at radius 3 is 2.75 bits per heavy atom. The van der Waals surface area contributed by atoms with Crippen LogP contribution in [0, 0.1) is 5.82 Å². The highest BCUT2D eigenvalue weighted by atomic mass is 32.2. The summed E-state index contributed by atoms with van der Waals surface area (Å²) in [5.74, 6) is -0.0807. The van der Waals surface area contributed by atoms with E-state index in [1.54, 1.807) is 23.9 Å². The molecule has 2 N–H and O–H groups in total. The van der Waals surface area contributed by atoms with Crippen molar-refractivity contribution < 1.29 is 4.39 Å². The molecule has 1 aliphatic carbocycles. The fourth-order valence-electron chi connectivity index (χ4n) is 2.21. The molecular formula is C13H18FNS. The van der Waals surface area contributed by atoms with E-state index in [0.29, 0.717) is 11.8 Å². The van der Waals surface area contributed by atoms with Crippen LogP contribution in [0.5, 0.6) is 0 Å². The fraction of sp³-hybridized carbons (Fsp3) is 0.538. The summed E-state index contributed by atoms with van der Waals surface area (Å²) >= 11 is 1.71. The molecule has 0 amide bonds. The maximum Gasteiger partial charge on any atom is 0.137 e. The third-order valence-electron chi connectivity index (χ3n) is 3.05. The number of benzene rings is 1. The third kappa shape index (κ3) is 2.77. The summed E-state index contributed by atoms with van der Waals surface area (Å²) in [5, 5.41) is 0.605. The molecule has 1 aromatic rings. The lowest BCUT2D eigenvalue weighted by molar-refractivity contribution is 0.596. The highest BCUT2D eigenvalue weighted by Gasteiger charge is 2.19. The van der Waals surface area contributed by atoms with Crippen molar-refractivity contribution >= 4 is 11.8 Å². The molecule has 16 heavy (non-hydrogen) atoms. The van der Waals surface area contributed by atoms with Gasteiger partial charge in [-0.15, -0.1) is 11.8 Å². The summed E-state index contributed by atoms with van der Waals surface area (Å²) in [5.41, 5.74) is 6.62. The molecule has 0 unspecified atom stereocenters. The van der Waals surface area contributed by atoms with Gasteiger partial charge in [0.2, 0.25) is 0 Å². The van der Waals surface area contributed by atoms with E-state index in [0.717, 1.165) is 16.9 Å². The van der Waals surface area contributed by atoms with Crippen molar-refractivity contribution in [3.8, 4) is 0 Å². The molecule has 0 heterocycles. The van der Waals surface area contributed by atoms with Crippen LogP contribution in [0.1, 0.15) is 31.2 Å². The van der Waals surface area contributed by atoms with Gasteiger partial charge in [0.25, 0.3) is 0 Å². The van der Waals surface area contributed by atoms with E-state index in [4.69, 9.17) is 5.73 Å². The van der Waals surface area contributed by atoms with Gasteiger partial charge in [0.1, 0.15) is 5.82 Å². The van der Waals surface area contributed by atoms with Crippen LogP contribution in [-0.2, 0) is 6.42 Å². The van der Waals surface area contributed by atoms with E-state index in [1.807, 2.05) is 6.07 Å². The SMILES string of the molecule is NCCc1cccc(F)c1SC1CCCC1. The third-order valence-corrected chi connectivity index (χ3v) is 4.55. The first-order chi connectivity index (χ1) is 7.81. The summed E-state index contributed by atoms with van der Waals surface area (Å²) in [6.07, 6.45) is 5.80. The molecule has 0 saturated heterocycles. The van der Waals surface area contributed by atoms with Gasteiger partial charge in [-0.25, -0.2) is 4.39 Å². The molecule has 0 radical (unpaired) electrons. The van der Waals surface area contributed by atoms with Crippen molar-refractivity contribution in [2.75, 3.05) is 6.54 Å². The monoisotopic (exact) mass is 239 g/mol. The summed E-state index contributed by atoms with van der Waals surface area (Å²) in [4.78, 5) is 0.833. The molecule has 1 aromatic carbocycles. The molecule has 0 atom stereocenters. The van der Waals surface area contributed by atoms with Crippen molar-refractivity contribution in [1.29, 1.82) is 0 Å². The number of hydrogen-bond donors (Lipinski definition) is 1. The zero-order chi connectivity index (χ0) is 11.4. The molecule has 1 saturated carbocycles. The Morgan fingerprint density at radius 2 is 2.06 bits per heavy atom. The Morgan fingerprint density at radius 1 is 1.31 bits per heavy atom. The van der Waals surface area contributed by atoms with Crippen LogP contribution in [0.15, 0.2) is 23.1 Å². The maximum atomic E-state index is 13.8. The van der Waals surface area contributed by atoms with Crippen LogP contribution in [0.2, 0.25) is 0 Å². The van der Waals surface area contributed by atoms with Crippen LogP contribution in [0.3, 0.4) is 0 Å². The van der Waals surface area contributed by atoms with E-state index >= 15 is 0 Å². The second kappa shape index (κ2) is 5.69. The minimum atomic E-state index is -0.0807. The van der Waals surface area contributed by atoms with Gasteiger partial charge < -0.3 is 5.73 Å². The normalized spacial score (nSPS) is 16.9. The Kier molecular flexibility index (Phi) is 4.24. The van der Waals surface area contributed by atoms with Gasteiger partial charge in [-0.3, -0.25) is 0 Å². The maximum absolute atomic E-state index is 13.8. The molecule has 0 spiro atoms. The van der Waals surface area contributed by atoms with Crippen LogP contribution in [0.25, 0.3) is 0 Å². The zero-order valence-corrected chi connectivity index (χ0v) is 10.2. The lowest BCUT2D eigenvalue weighted by atomic mass is 10.1. The number of thioether (sulfide) groups is 1. The predicted octanol–water partition coefficient (Wildman–Crippen LogP) is 3.36. The van der Waals surface area contributed by atoms with Gasteiger partial charge in [-0.1, -0.05) is 25.0 Å². The van der Waals surface area contributed by atoms with Crippen LogP contribution >= 0.6 is 11.8 Å². The highest BCUT2D eigenvalue weighted by molar-refractivity contribution is 8.00. The topological polar surface area (TPSA) is 26.0 Å². The summed E-state index contributed by atoms with van der Waals surface area (Å²) in [7, 11) is 0. The molecule has 2 rings (SSSR count). The predicted molar refractivity (Wildman–Crippen MR) is 67.3 cm³/mol. The largest absolute Gasteiger partial charge is 0.330 e. The van der Waals surface area contributed by atoms with Gasteiger partial charge in [-0.2, -0.15) is 0 Å². The lowest BCUT2D eigenvalue weighted by Crippen LogP contribution is -2.06. The standard InChI is InChI=1S/C13H18FNS/c14-12-7-3-4-10(8-9-15)13(12)16-11-5-1-2-6-11/h3-4,7,11H,1-2,5-6,8-9,15H2. The van der Waals surface area contributed by atoms with Gasteiger partial charge in [0.05, 0.1) is 0 Å². The highest BCUT2D eigenvalue weighted by Crippen LogP contribution is 2.37. The van der Waals surface area contributed by atoms with Crippen LogP contribution in [0.4, 0.5) is 4.39 Å². The molecule has 0 aromatic heterocycles. The van der Waals surface area contributed by atoms with E-state index < -0.39 is 0 Å². The van der Waals surface area contributed by atoms with Gasteiger partial charge in [0.15, 0.2) is 0 Å². The fourth-order valence-corrected chi connectivity index (χ4v) is 3.62. The molecule has 0 bridgehead atoms. The quantitative estimate of drug-likeness (QED) is 0.872. The Hall–Kier alpha value is -0.540. The first kappa shape index (κ1) is 11.9. The molecule has 0 aliphatic heterocycles. The smallest absolute Gasteiger partial charge is 0.137 e. The first-order valence-electron chi connectivity index (χ1n) is 5.95. The molecule has 1 nitrogen and oxygen atoms in total. The van der Waals surface area contributed by atoms with Crippen molar-refractivity contribution in [3.63, 3.8) is 0 Å². The van der Waals surface area contributed by atoms with Crippen molar-refractivity contribution in [1.82, 2.24) is 0 Å². The second-order valence-corrected chi connectivity index (χ2v) is 5.60. The van der Waals surface area contributed by atoms with Crippen LogP contribution < -0.4 is 5.73 Å². The van der Waals surface area contributed by atoms with Crippen LogP contribution in [-0.4, -0.2) is 11.8 Å². The summed E-state index contributed by atoms with van der Waals surface area (Å²) < 4.78 is 13.8. The van der Waals surface area contributed by atoms with E-state index in [1.165, 1.54) is 25.7 Å². The second-order valence-electron chi connectivity index (χ2n) is 4.29.